The Hall–Kier alpha value is -1.34. The second-order valence-corrected chi connectivity index (χ2v) is 3.41. The zero-order chi connectivity index (χ0) is 11.1. The highest BCUT2D eigenvalue weighted by atomic mass is 35.5. The third-order valence-corrected chi connectivity index (χ3v) is 2.29. The van der Waals surface area contributed by atoms with Crippen molar-refractivity contribution in [2.75, 3.05) is 0 Å². The molecule has 15 heavy (non-hydrogen) atoms. The second kappa shape index (κ2) is 6.20. The molecule has 0 fully saturated rings. The van der Waals surface area contributed by atoms with Crippen LogP contribution in [0.3, 0.4) is 0 Å². The molecule has 0 N–H and O–H groups in total. The second-order valence-electron chi connectivity index (χ2n) is 3.15. The van der Waals surface area contributed by atoms with Gasteiger partial charge in [-0.2, -0.15) is 0 Å². The number of rotatable bonds is 5. The lowest BCUT2D eigenvalue weighted by molar-refractivity contribution is 1.10. The molecule has 0 aliphatic carbocycles. The Balaban J connectivity index is 2.83. The largest absolute Gasteiger partial charge is 0.260 e. The molecule has 0 unspecified atom stereocenters. The average molecular weight is 220 g/mol. The van der Waals surface area contributed by atoms with Crippen molar-refractivity contribution >= 4 is 11.6 Å². The Bertz CT molecular complexity index is 380. The summed E-state index contributed by atoms with van der Waals surface area (Å²) in [6, 6.07) is 3.99. The van der Waals surface area contributed by atoms with Gasteiger partial charge in [0, 0.05) is 6.20 Å². The van der Waals surface area contributed by atoms with Gasteiger partial charge >= 0.3 is 0 Å². The molecule has 0 atom stereocenters. The molecule has 0 spiro atoms. The topological polar surface area (TPSA) is 12.9 Å². The van der Waals surface area contributed by atoms with Gasteiger partial charge in [-0.3, -0.25) is 4.98 Å². The van der Waals surface area contributed by atoms with Crippen molar-refractivity contribution in [3.8, 4) is 0 Å². The van der Waals surface area contributed by atoms with Crippen molar-refractivity contribution in [1.82, 2.24) is 4.98 Å². The first kappa shape index (κ1) is 11.7. The van der Waals surface area contributed by atoms with E-state index in [-0.39, 0.29) is 0 Å². The summed E-state index contributed by atoms with van der Waals surface area (Å²) in [5, 5.41) is 0. The molecular weight excluding hydrogens is 206 g/mol. The molecule has 0 saturated heterocycles. The van der Waals surface area contributed by atoms with Gasteiger partial charge in [0.05, 0.1) is 11.6 Å². The molecule has 1 aromatic heterocycles. The summed E-state index contributed by atoms with van der Waals surface area (Å²) in [4.78, 5) is 4.14. The molecule has 0 bridgehead atoms. The van der Waals surface area contributed by atoms with Crippen LogP contribution in [0.4, 0.5) is 0 Å². The smallest absolute Gasteiger partial charge is 0.0647 e. The van der Waals surface area contributed by atoms with Crippen molar-refractivity contribution < 1.29 is 0 Å². The van der Waals surface area contributed by atoms with Gasteiger partial charge in [-0.15, -0.1) is 11.6 Å². The number of hydrogen-bond donors (Lipinski definition) is 0. The predicted molar refractivity (Wildman–Crippen MR) is 66.0 cm³/mol. The Morgan fingerprint density at radius 1 is 1.47 bits per heavy atom. The van der Waals surface area contributed by atoms with Gasteiger partial charge in [-0.25, -0.2) is 0 Å². The Labute approximate surface area is 95.8 Å². The maximum absolute atomic E-state index is 5.72. The van der Waals surface area contributed by atoms with Crippen LogP contribution < -0.4 is 0 Å². The molecule has 78 valence electrons. The number of hydrogen-bond acceptors (Lipinski definition) is 1. The number of pyridine rings is 1. The molecule has 0 aliphatic rings. The summed E-state index contributed by atoms with van der Waals surface area (Å²) in [6.07, 6.45) is 8.17. The summed E-state index contributed by atoms with van der Waals surface area (Å²) < 4.78 is 0. The third kappa shape index (κ3) is 3.72. The van der Waals surface area contributed by atoms with E-state index in [1.165, 1.54) is 5.56 Å². The zero-order valence-electron chi connectivity index (χ0n) is 8.62. The van der Waals surface area contributed by atoms with Crippen LogP contribution in [0.5, 0.6) is 0 Å². The van der Waals surface area contributed by atoms with Gasteiger partial charge in [0.2, 0.25) is 0 Å². The van der Waals surface area contributed by atoms with Crippen LogP contribution in [-0.4, -0.2) is 4.98 Å². The molecule has 0 amide bonds. The first-order chi connectivity index (χ1) is 7.30. The maximum Gasteiger partial charge on any atom is 0.0647 e. The van der Waals surface area contributed by atoms with Gasteiger partial charge in [0.25, 0.3) is 0 Å². The van der Waals surface area contributed by atoms with Gasteiger partial charge in [0.1, 0.15) is 0 Å². The summed E-state index contributed by atoms with van der Waals surface area (Å²) in [5.74, 6) is 0.447. The zero-order valence-corrected chi connectivity index (χ0v) is 9.37. The lowest BCUT2D eigenvalue weighted by Crippen LogP contribution is -1.91. The number of alkyl halides is 1. The van der Waals surface area contributed by atoms with E-state index >= 15 is 0 Å². The molecule has 2 heteroatoms. The summed E-state index contributed by atoms with van der Waals surface area (Å²) in [5.41, 5.74) is 3.22. The minimum Gasteiger partial charge on any atom is -0.260 e. The minimum absolute atomic E-state index is 0.447. The van der Waals surface area contributed by atoms with Crippen molar-refractivity contribution in [3.63, 3.8) is 0 Å². The van der Waals surface area contributed by atoms with E-state index in [2.05, 4.69) is 18.1 Å². The lowest BCUT2D eigenvalue weighted by Gasteiger charge is -2.03. The Morgan fingerprint density at radius 3 is 2.87 bits per heavy atom. The molecule has 1 aromatic rings. The summed E-state index contributed by atoms with van der Waals surface area (Å²) in [7, 11) is 0. The Morgan fingerprint density at radius 2 is 2.27 bits per heavy atom. The van der Waals surface area contributed by atoms with E-state index in [0.717, 1.165) is 17.7 Å². The van der Waals surface area contributed by atoms with Gasteiger partial charge in [-0.1, -0.05) is 31.4 Å². The molecular formula is C13H14ClN. The number of aromatic nitrogens is 1. The molecule has 0 saturated carbocycles. The highest BCUT2D eigenvalue weighted by Crippen LogP contribution is 2.11. The van der Waals surface area contributed by atoms with Crippen molar-refractivity contribution in [2.24, 2.45) is 0 Å². The average Bonchev–Trinajstić information content (AvgIpc) is 2.29. The summed E-state index contributed by atoms with van der Waals surface area (Å²) >= 11 is 5.72. The molecule has 0 aromatic carbocycles. The van der Waals surface area contributed by atoms with E-state index in [0.29, 0.717) is 5.88 Å². The quantitative estimate of drug-likeness (QED) is 0.544. The fourth-order valence-electron chi connectivity index (χ4n) is 1.30. The van der Waals surface area contributed by atoms with Crippen LogP contribution in [0.2, 0.25) is 0 Å². The van der Waals surface area contributed by atoms with Crippen molar-refractivity contribution in [2.45, 2.75) is 12.3 Å². The molecule has 1 nitrogen and oxygen atoms in total. The molecule has 1 heterocycles. The van der Waals surface area contributed by atoms with E-state index < -0.39 is 0 Å². The lowest BCUT2D eigenvalue weighted by atomic mass is 10.1. The van der Waals surface area contributed by atoms with Crippen molar-refractivity contribution in [3.05, 3.63) is 66.5 Å². The molecule has 1 rings (SSSR count). The highest BCUT2D eigenvalue weighted by Gasteiger charge is 1.98. The predicted octanol–water partition coefficient (Wildman–Crippen LogP) is 3.66. The highest BCUT2D eigenvalue weighted by molar-refractivity contribution is 6.16. The molecule has 0 radical (unpaired) electrons. The van der Waals surface area contributed by atoms with E-state index in [1.54, 1.807) is 12.3 Å². The fourth-order valence-corrected chi connectivity index (χ4v) is 1.44. The minimum atomic E-state index is 0.447. The van der Waals surface area contributed by atoms with Crippen molar-refractivity contribution in [1.29, 1.82) is 0 Å². The SMILES string of the molecule is C=C/C=C(\C=C)Cc1ccnc(CCl)c1. The van der Waals surface area contributed by atoms with Crippen LogP contribution in [0, 0.1) is 0 Å². The first-order valence-electron chi connectivity index (χ1n) is 4.74. The Kier molecular flexibility index (Phi) is 4.85. The number of allylic oxidation sites excluding steroid dienone is 4. The maximum atomic E-state index is 5.72. The van der Waals surface area contributed by atoms with Gasteiger partial charge in [-0.05, 0) is 29.7 Å². The van der Waals surface area contributed by atoms with Crippen LogP contribution in [-0.2, 0) is 12.3 Å². The number of halogens is 1. The van der Waals surface area contributed by atoms with E-state index in [4.69, 9.17) is 11.6 Å². The number of nitrogens with zero attached hydrogens (tertiary/aromatic N) is 1. The third-order valence-electron chi connectivity index (χ3n) is 2.02. The van der Waals surface area contributed by atoms with E-state index in [9.17, 15) is 0 Å². The van der Waals surface area contributed by atoms with Gasteiger partial charge in [0.15, 0.2) is 0 Å². The van der Waals surface area contributed by atoms with Crippen LogP contribution in [0.1, 0.15) is 11.3 Å². The monoisotopic (exact) mass is 219 g/mol. The summed E-state index contributed by atoms with van der Waals surface area (Å²) in [6.45, 7) is 7.43. The normalized spacial score (nSPS) is 11.1. The first-order valence-corrected chi connectivity index (χ1v) is 5.27. The van der Waals surface area contributed by atoms with Crippen LogP contribution in [0.15, 0.2) is 55.3 Å². The fraction of sp³-hybridized carbons (Fsp3) is 0.154. The molecule has 0 aliphatic heterocycles. The van der Waals surface area contributed by atoms with Gasteiger partial charge < -0.3 is 0 Å². The standard InChI is InChI=1S/C13H14ClN/c1-3-5-11(4-2)8-12-6-7-15-13(9-12)10-14/h3-7,9H,1-2,8,10H2/b11-5+. The van der Waals surface area contributed by atoms with E-state index in [1.807, 2.05) is 24.3 Å². The van der Waals surface area contributed by atoms with Crippen LogP contribution >= 0.6 is 11.6 Å². The van der Waals surface area contributed by atoms with Crippen LogP contribution in [0.25, 0.3) is 0 Å².